The highest BCUT2D eigenvalue weighted by Crippen LogP contribution is 2.16. The summed E-state index contributed by atoms with van der Waals surface area (Å²) in [5, 5.41) is 11.0. The fourth-order valence-corrected chi connectivity index (χ4v) is 3.49. The summed E-state index contributed by atoms with van der Waals surface area (Å²) in [6, 6.07) is 0. The van der Waals surface area contributed by atoms with Gasteiger partial charge in [0.1, 0.15) is 5.76 Å². The number of aryl methyl sites for hydroxylation is 2. The maximum Gasteiger partial charge on any atom is 0.191 e. The molecule has 2 heterocycles. The second-order valence-electron chi connectivity index (χ2n) is 6.97. The van der Waals surface area contributed by atoms with Crippen LogP contribution in [-0.4, -0.2) is 48.7 Å². The molecule has 27 heavy (non-hydrogen) atoms. The van der Waals surface area contributed by atoms with Crippen molar-refractivity contribution in [3.05, 3.63) is 17.0 Å². The first kappa shape index (κ1) is 24.2. The van der Waals surface area contributed by atoms with Gasteiger partial charge in [-0.3, -0.25) is 0 Å². The van der Waals surface area contributed by atoms with E-state index in [1.807, 2.05) is 0 Å². The summed E-state index contributed by atoms with van der Waals surface area (Å²) in [7, 11) is 0. The van der Waals surface area contributed by atoms with Crippen LogP contribution in [0.5, 0.6) is 0 Å². The van der Waals surface area contributed by atoms with Gasteiger partial charge in [0, 0.05) is 25.1 Å². The van der Waals surface area contributed by atoms with Gasteiger partial charge in [0.25, 0.3) is 0 Å². The number of hydrogen-bond donors (Lipinski definition) is 2. The second kappa shape index (κ2) is 14.2. The van der Waals surface area contributed by atoms with E-state index in [2.05, 4.69) is 41.5 Å². The third kappa shape index (κ3) is 8.37. The highest BCUT2D eigenvalue weighted by atomic mass is 127. The Balaban J connectivity index is 0.00000364. The number of aromatic nitrogens is 1. The van der Waals surface area contributed by atoms with Crippen LogP contribution >= 0.6 is 24.0 Å². The zero-order chi connectivity index (χ0) is 18.6. The molecule has 0 amide bonds. The third-order valence-corrected chi connectivity index (χ3v) is 4.99. The molecule has 1 saturated heterocycles. The standard InChI is InChI=1S/C20H37N5O.HI/c1-4-18-17(19(5-2)26-24-18)16-23-20(21-6-3)22-12-11-15-25-13-9-7-8-10-14-25;/h4-16H2,1-3H3,(H2,21,22,23);1H. The van der Waals surface area contributed by atoms with Crippen molar-refractivity contribution in [3.8, 4) is 0 Å². The van der Waals surface area contributed by atoms with E-state index in [1.165, 1.54) is 45.3 Å². The molecule has 1 aliphatic rings. The minimum absolute atomic E-state index is 0. The van der Waals surface area contributed by atoms with Gasteiger partial charge in [-0.1, -0.05) is 31.8 Å². The lowest BCUT2D eigenvalue weighted by Gasteiger charge is -2.20. The summed E-state index contributed by atoms with van der Waals surface area (Å²) in [6.45, 7) is 12.5. The summed E-state index contributed by atoms with van der Waals surface area (Å²) >= 11 is 0. The smallest absolute Gasteiger partial charge is 0.191 e. The normalized spacial score (nSPS) is 15.9. The van der Waals surface area contributed by atoms with E-state index in [1.54, 1.807) is 0 Å². The van der Waals surface area contributed by atoms with Crippen LogP contribution in [0.25, 0.3) is 0 Å². The summed E-state index contributed by atoms with van der Waals surface area (Å²) in [4.78, 5) is 7.36. The molecule has 0 atom stereocenters. The average molecular weight is 491 g/mol. The van der Waals surface area contributed by atoms with Crippen LogP contribution in [0.3, 0.4) is 0 Å². The van der Waals surface area contributed by atoms with Crippen LogP contribution in [0.2, 0.25) is 0 Å². The fraction of sp³-hybridized carbons (Fsp3) is 0.800. The molecule has 0 aliphatic carbocycles. The lowest BCUT2D eigenvalue weighted by molar-refractivity contribution is 0.282. The zero-order valence-corrected chi connectivity index (χ0v) is 19.7. The SMILES string of the molecule is CCNC(=NCc1c(CC)noc1CC)NCCCN1CCCCCC1.I. The molecule has 1 aromatic heterocycles. The second-order valence-corrected chi connectivity index (χ2v) is 6.97. The molecular weight excluding hydrogens is 453 g/mol. The van der Waals surface area contributed by atoms with Crippen molar-refractivity contribution in [2.75, 3.05) is 32.7 Å². The number of guanidine groups is 1. The molecule has 0 radical (unpaired) electrons. The van der Waals surface area contributed by atoms with Crippen molar-refractivity contribution < 1.29 is 4.52 Å². The first-order valence-electron chi connectivity index (χ1n) is 10.5. The molecule has 0 unspecified atom stereocenters. The van der Waals surface area contributed by atoms with Crippen molar-refractivity contribution in [3.63, 3.8) is 0 Å². The molecule has 0 bridgehead atoms. The van der Waals surface area contributed by atoms with Crippen molar-refractivity contribution in [1.82, 2.24) is 20.7 Å². The van der Waals surface area contributed by atoms with Crippen LogP contribution in [0.1, 0.15) is 69.9 Å². The Morgan fingerprint density at radius 1 is 1.07 bits per heavy atom. The maximum atomic E-state index is 5.44. The number of aliphatic imine (C=N–C) groups is 1. The maximum absolute atomic E-state index is 5.44. The van der Waals surface area contributed by atoms with Gasteiger partial charge in [-0.25, -0.2) is 4.99 Å². The highest BCUT2D eigenvalue weighted by Gasteiger charge is 2.13. The van der Waals surface area contributed by atoms with Crippen LogP contribution in [0, 0.1) is 0 Å². The summed E-state index contributed by atoms with van der Waals surface area (Å²) < 4.78 is 5.44. The summed E-state index contributed by atoms with van der Waals surface area (Å²) in [5.41, 5.74) is 2.18. The van der Waals surface area contributed by atoms with Crippen molar-refractivity contribution >= 4 is 29.9 Å². The third-order valence-electron chi connectivity index (χ3n) is 4.99. The van der Waals surface area contributed by atoms with E-state index in [9.17, 15) is 0 Å². The zero-order valence-electron chi connectivity index (χ0n) is 17.4. The number of halogens is 1. The lowest BCUT2D eigenvalue weighted by atomic mass is 10.1. The molecule has 0 spiro atoms. The lowest BCUT2D eigenvalue weighted by Crippen LogP contribution is -2.39. The monoisotopic (exact) mass is 491 g/mol. The number of nitrogens with zero attached hydrogens (tertiary/aromatic N) is 3. The van der Waals surface area contributed by atoms with Gasteiger partial charge in [0.15, 0.2) is 5.96 Å². The molecule has 1 aliphatic heterocycles. The molecule has 1 fully saturated rings. The fourth-order valence-electron chi connectivity index (χ4n) is 3.49. The van der Waals surface area contributed by atoms with Gasteiger partial charge >= 0.3 is 0 Å². The quantitative estimate of drug-likeness (QED) is 0.239. The van der Waals surface area contributed by atoms with Gasteiger partial charge in [-0.2, -0.15) is 0 Å². The molecule has 156 valence electrons. The minimum atomic E-state index is 0. The van der Waals surface area contributed by atoms with Gasteiger partial charge in [-0.15, -0.1) is 24.0 Å². The Labute approximate surface area is 181 Å². The van der Waals surface area contributed by atoms with E-state index in [-0.39, 0.29) is 24.0 Å². The molecule has 7 heteroatoms. The molecule has 6 nitrogen and oxygen atoms in total. The van der Waals surface area contributed by atoms with Crippen LogP contribution in [-0.2, 0) is 19.4 Å². The Morgan fingerprint density at radius 3 is 2.44 bits per heavy atom. The number of hydrogen-bond acceptors (Lipinski definition) is 4. The predicted molar refractivity (Wildman–Crippen MR) is 123 cm³/mol. The van der Waals surface area contributed by atoms with Gasteiger partial charge in [-0.05, 0) is 52.2 Å². The highest BCUT2D eigenvalue weighted by molar-refractivity contribution is 14.0. The molecule has 0 aromatic carbocycles. The summed E-state index contributed by atoms with van der Waals surface area (Å²) in [6.07, 6.45) is 8.40. The predicted octanol–water partition coefficient (Wildman–Crippen LogP) is 3.74. The molecule has 2 rings (SSSR count). The van der Waals surface area contributed by atoms with E-state index in [0.717, 1.165) is 55.3 Å². The van der Waals surface area contributed by atoms with Crippen molar-refractivity contribution in [2.24, 2.45) is 4.99 Å². The molecule has 2 N–H and O–H groups in total. The van der Waals surface area contributed by atoms with E-state index >= 15 is 0 Å². The van der Waals surface area contributed by atoms with E-state index in [0.29, 0.717) is 6.54 Å². The van der Waals surface area contributed by atoms with Crippen molar-refractivity contribution in [1.29, 1.82) is 0 Å². The number of nitrogens with one attached hydrogen (secondary N) is 2. The van der Waals surface area contributed by atoms with Gasteiger partial charge < -0.3 is 20.1 Å². The number of likely N-dealkylation sites (tertiary alicyclic amines) is 1. The van der Waals surface area contributed by atoms with Crippen LogP contribution < -0.4 is 10.6 Å². The molecular formula is C20H38IN5O. The van der Waals surface area contributed by atoms with Gasteiger partial charge in [0.05, 0.1) is 12.2 Å². The molecule has 0 saturated carbocycles. The van der Waals surface area contributed by atoms with Crippen molar-refractivity contribution in [2.45, 2.75) is 72.3 Å². The summed E-state index contributed by atoms with van der Waals surface area (Å²) in [5.74, 6) is 1.84. The Bertz CT molecular complexity index is 517. The first-order chi connectivity index (χ1) is 12.8. The topological polar surface area (TPSA) is 65.7 Å². The van der Waals surface area contributed by atoms with Crippen LogP contribution in [0.4, 0.5) is 0 Å². The largest absolute Gasteiger partial charge is 0.361 e. The van der Waals surface area contributed by atoms with E-state index < -0.39 is 0 Å². The Morgan fingerprint density at radius 2 is 1.81 bits per heavy atom. The first-order valence-corrected chi connectivity index (χ1v) is 10.5. The van der Waals surface area contributed by atoms with Gasteiger partial charge in [0.2, 0.25) is 0 Å². The number of rotatable bonds is 9. The average Bonchev–Trinajstić information content (AvgIpc) is 2.87. The Kier molecular flexibility index (Phi) is 12.7. The van der Waals surface area contributed by atoms with Crippen LogP contribution in [0.15, 0.2) is 9.52 Å². The molecule has 1 aromatic rings. The minimum Gasteiger partial charge on any atom is -0.361 e. The Hall–Kier alpha value is -0.830. The van der Waals surface area contributed by atoms with E-state index in [4.69, 9.17) is 9.52 Å².